The van der Waals surface area contributed by atoms with E-state index in [4.69, 9.17) is 4.98 Å². The molecule has 0 saturated heterocycles. The van der Waals surface area contributed by atoms with Crippen LogP contribution >= 0.6 is 0 Å². The zero-order valence-electron chi connectivity index (χ0n) is 11.3. The molecule has 1 aromatic heterocycles. The number of hydrogen-bond donors (Lipinski definition) is 1. The zero-order valence-corrected chi connectivity index (χ0v) is 11.3. The molecule has 1 heterocycles. The summed E-state index contributed by atoms with van der Waals surface area (Å²) in [5.41, 5.74) is 3.91. The minimum atomic E-state index is 0.391. The number of benzene rings is 1. The normalized spacial score (nSPS) is 16.8. The molecule has 1 aliphatic carbocycles. The van der Waals surface area contributed by atoms with E-state index < -0.39 is 0 Å². The van der Waals surface area contributed by atoms with Crippen LogP contribution in [0.3, 0.4) is 0 Å². The molecule has 0 fully saturated rings. The number of aromatic nitrogens is 2. The number of rotatable bonds is 5. The Balaban J connectivity index is 1.74. The van der Waals surface area contributed by atoms with Crippen LogP contribution in [-0.2, 0) is 13.0 Å². The average Bonchev–Trinajstić information content (AvgIpc) is 2.41. The molecule has 3 heteroatoms. The third-order valence-electron chi connectivity index (χ3n) is 3.63. The first-order valence-corrected chi connectivity index (χ1v) is 6.99. The molecule has 1 unspecified atom stereocenters. The highest BCUT2D eigenvalue weighted by Crippen LogP contribution is 2.38. The van der Waals surface area contributed by atoms with E-state index in [-0.39, 0.29) is 0 Å². The van der Waals surface area contributed by atoms with Gasteiger partial charge in [-0.15, -0.1) is 0 Å². The van der Waals surface area contributed by atoms with Gasteiger partial charge in [-0.2, -0.15) is 0 Å². The Morgan fingerprint density at radius 2 is 2.16 bits per heavy atom. The van der Waals surface area contributed by atoms with Gasteiger partial charge >= 0.3 is 0 Å². The van der Waals surface area contributed by atoms with E-state index in [0.29, 0.717) is 5.92 Å². The molecule has 0 aliphatic heterocycles. The fourth-order valence-electron chi connectivity index (χ4n) is 2.56. The Hall–Kier alpha value is -1.74. The quantitative estimate of drug-likeness (QED) is 0.832. The van der Waals surface area contributed by atoms with Crippen molar-refractivity contribution in [2.75, 3.05) is 6.54 Å². The molecule has 1 atom stereocenters. The van der Waals surface area contributed by atoms with Crippen LogP contribution in [-0.4, -0.2) is 16.5 Å². The van der Waals surface area contributed by atoms with Crippen LogP contribution in [0.15, 0.2) is 36.5 Å². The SMILES string of the molecule is CCCNCc1ccnc(C2Cc3ccccc32)n1. The van der Waals surface area contributed by atoms with Crippen molar-refractivity contribution in [2.24, 2.45) is 0 Å². The summed E-state index contributed by atoms with van der Waals surface area (Å²) in [4.78, 5) is 9.14. The lowest BCUT2D eigenvalue weighted by Gasteiger charge is -2.28. The third-order valence-corrected chi connectivity index (χ3v) is 3.63. The van der Waals surface area contributed by atoms with Gasteiger partial charge in [-0.3, -0.25) is 0 Å². The molecule has 0 bridgehead atoms. The van der Waals surface area contributed by atoms with E-state index in [1.165, 1.54) is 11.1 Å². The van der Waals surface area contributed by atoms with Crippen molar-refractivity contribution in [3.63, 3.8) is 0 Å². The second-order valence-electron chi connectivity index (χ2n) is 5.04. The third kappa shape index (κ3) is 2.51. The maximum atomic E-state index is 4.69. The summed E-state index contributed by atoms with van der Waals surface area (Å²) >= 11 is 0. The lowest BCUT2D eigenvalue weighted by atomic mass is 9.77. The van der Waals surface area contributed by atoms with Crippen LogP contribution in [0.5, 0.6) is 0 Å². The van der Waals surface area contributed by atoms with Gasteiger partial charge in [0.25, 0.3) is 0 Å². The molecule has 0 amide bonds. The van der Waals surface area contributed by atoms with Gasteiger partial charge in [0.2, 0.25) is 0 Å². The van der Waals surface area contributed by atoms with Crippen LogP contribution in [0.25, 0.3) is 0 Å². The monoisotopic (exact) mass is 253 g/mol. The van der Waals surface area contributed by atoms with Crippen LogP contribution in [0.1, 0.15) is 41.9 Å². The van der Waals surface area contributed by atoms with Crippen molar-refractivity contribution >= 4 is 0 Å². The minimum Gasteiger partial charge on any atom is -0.311 e. The average molecular weight is 253 g/mol. The fourth-order valence-corrected chi connectivity index (χ4v) is 2.56. The smallest absolute Gasteiger partial charge is 0.136 e. The molecule has 3 rings (SSSR count). The number of hydrogen-bond acceptors (Lipinski definition) is 3. The van der Waals surface area contributed by atoms with Crippen molar-refractivity contribution in [3.8, 4) is 0 Å². The zero-order chi connectivity index (χ0) is 13.1. The summed E-state index contributed by atoms with van der Waals surface area (Å²) in [7, 11) is 0. The lowest BCUT2D eigenvalue weighted by Crippen LogP contribution is -2.22. The van der Waals surface area contributed by atoms with E-state index in [0.717, 1.165) is 37.4 Å². The second kappa shape index (κ2) is 5.49. The summed E-state index contributed by atoms with van der Waals surface area (Å²) in [5, 5.41) is 3.38. The molecule has 2 aromatic rings. The number of nitrogens with one attached hydrogen (secondary N) is 1. The first-order valence-electron chi connectivity index (χ1n) is 6.99. The van der Waals surface area contributed by atoms with Crippen LogP contribution < -0.4 is 5.32 Å². The summed E-state index contributed by atoms with van der Waals surface area (Å²) in [6.45, 7) is 4.03. The molecule has 1 aliphatic rings. The molecule has 19 heavy (non-hydrogen) atoms. The maximum Gasteiger partial charge on any atom is 0.136 e. The van der Waals surface area contributed by atoms with Gasteiger partial charge in [0.05, 0.1) is 5.69 Å². The Bertz CT molecular complexity index is 565. The molecule has 1 aromatic carbocycles. The Morgan fingerprint density at radius 3 is 3.00 bits per heavy atom. The molecular weight excluding hydrogens is 234 g/mol. The molecule has 0 saturated carbocycles. The lowest BCUT2D eigenvalue weighted by molar-refractivity contribution is 0.629. The number of nitrogens with zero attached hydrogens (tertiary/aromatic N) is 2. The van der Waals surface area contributed by atoms with Crippen molar-refractivity contribution in [3.05, 3.63) is 59.2 Å². The van der Waals surface area contributed by atoms with Crippen molar-refractivity contribution < 1.29 is 0 Å². The summed E-state index contributed by atoms with van der Waals surface area (Å²) in [6.07, 6.45) is 4.10. The highest BCUT2D eigenvalue weighted by molar-refractivity contribution is 5.43. The van der Waals surface area contributed by atoms with Crippen molar-refractivity contribution in [2.45, 2.75) is 32.2 Å². The Labute approximate surface area is 114 Å². The van der Waals surface area contributed by atoms with Gasteiger partial charge in [-0.25, -0.2) is 9.97 Å². The van der Waals surface area contributed by atoms with Crippen LogP contribution in [0, 0.1) is 0 Å². The molecular formula is C16H19N3. The largest absolute Gasteiger partial charge is 0.311 e. The predicted octanol–water partition coefficient (Wildman–Crippen LogP) is 2.66. The number of fused-ring (bicyclic) bond motifs is 1. The molecule has 3 nitrogen and oxygen atoms in total. The van der Waals surface area contributed by atoms with Crippen LogP contribution in [0.2, 0.25) is 0 Å². The predicted molar refractivity (Wildman–Crippen MR) is 76.0 cm³/mol. The topological polar surface area (TPSA) is 37.8 Å². The van der Waals surface area contributed by atoms with Crippen LogP contribution in [0.4, 0.5) is 0 Å². The fraction of sp³-hybridized carbons (Fsp3) is 0.375. The first-order chi connectivity index (χ1) is 9.38. The molecule has 0 spiro atoms. The van der Waals surface area contributed by atoms with Crippen molar-refractivity contribution in [1.82, 2.24) is 15.3 Å². The highest BCUT2D eigenvalue weighted by atomic mass is 14.9. The van der Waals surface area contributed by atoms with E-state index in [1.54, 1.807) is 0 Å². The van der Waals surface area contributed by atoms with E-state index in [9.17, 15) is 0 Å². The standard InChI is InChI=1S/C16H19N3/c1-2-8-17-11-13-7-9-18-16(19-13)15-10-12-5-3-4-6-14(12)15/h3-7,9,15,17H,2,8,10-11H2,1H3. The minimum absolute atomic E-state index is 0.391. The molecule has 1 N–H and O–H groups in total. The summed E-state index contributed by atoms with van der Waals surface area (Å²) < 4.78 is 0. The molecule has 0 radical (unpaired) electrons. The van der Waals surface area contributed by atoms with E-state index >= 15 is 0 Å². The van der Waals surface area contributed by atoms with Gasteiger partial charge < -0.3 is 5.32 Å². The van der Waals surface area contributed by atoms with Gasteiger partial charge in [0.1, 0.15) is 5.82 Å². The van der Waals surface area contributed by atoms with E-state index in [1.807, 2.05) is 12.3 Å². The Morgan fingerprint density at radius 1 is 1.26 bits per heavy atom. The second-order valence-corrected chi connectivity index (χ2v) is 5.04. The van der Waals surface area contributed by atoms with Gasteiger partial charge in [0.15, 0.2) is 0 Å². The first kappa shape index (κ1) is 12.3. The Kier molecular flexibility index (Phi) is 3.56. The van der Waals surface area contributed by atoms with Crippen molar-refractivity contribution in [1.29, 1.82) is 0 Å². The van der Waals surface area contributed by atoms with E-state index in [2.05, 4.69) is 41.5 Å². The summed E-state index contributed by atoms with van der Waals surface area (Å²) in [5.74, 6) is 1.36. The highest BCUT2D eigenvalue weighted by Gasteiger charge is 2.29. The van der Waals surface area contributed by atoms with Gasteiger partial charge in [-0.1, -0.05) is 31.2 Å². The summed E-state index contributed by atoms with van der Waals surface area (Å²) in [6, 6.07) is 10.6. The van der Waals surface area contributed by atoms with Gasteiger partial charge in [-0.05, 0) is 36.6 Å². The molecule has 98 valence electrons. The van der Waals surface area contributed by atoms with Gasteiger partial charge in [0, 0.05) is 18.7 Å². The maximum absolute atomic E-state index is 4.69.